The standard InChI is InChI=1S/C10H19N3O2/c1-10(2,12)9(15)13-5-3-4-7(6-13)8(11)14/h7H,3-6,12H2,1-2H3,(H2,11,14). The molecule has 1 aliphatic rings. The van der Waals surface area contributed by atoms with Crippen molar-refractivity contribution < 1.29 is 9.59 Å². The van der Waals surface area contributed by atoms with Crippen molar-refractivity contribution in [2.24, 2.45) is 17.4 Å². The number of nitrogens with zero attached hydrogens (tertiary/aromatic N) is 1. The minimum atomic E-state index is -0.875. The summed E-state index contributed by atoms with van der Waals surface area (Å²) in [7, 11) is 0. The van der Waals surface area contributed by atoms with Crippen molar-refractivity contribution in [1.82, 2.24) is 4.90 Å². The number of piperidine rings is 1. The Balaban J connectivity index is 2.64. The molecule has 0 radical (unpaired) electrons. The molecule has 86 valence electrons. The third kappa shape index (κ3) is 2.92. The monoisotopic (exact) mass is 213 g/mol. The number of nitrogens with two attached hydrogens (primary N) is 2. The Morgan fingerprint density at radius 3 is 2.47 bits per heavy atom. The molecule has 5 nitrogen and oxygen atoms in total. The average molecular weight is 213 g/mol. The van der Waals surface area contributed by atoms with Gasteiger partial charge in [0.15, 0.2) is 0 Å². The van der Waals surface area contributed by atoms with E-state index in [-0.39, 0.29) is 17.7 Å². The maximum atomic E-state index is 11.8. The summed E-state index contributed by atoms with van der Waals surface area (Å²) in [6.45, 7) is 4.42. The normalized spacial score (nSPS) is 22.6. The highest BCUT2D eigenvalue weighted by atomic mass is 16.2. The second kappa shape index (κ2) is 4.18. The van der Waals surface area contributed by atoms with Crippen LogP contribution < -0.4 is 11.5 Å². The van der Waals surface area contributed by atoms with Gasteiger partial charge in [0.25, 0.3) is 0 Å². The minimum absolute atomic E-state index is 0.117. The van der Waals surface area contributed by atoms with E-state index in [1.165, 1.54) is 0 Å². The van der Waals surface area contributed by atoms with Gasteiger partial charge in [-0.2, -0.15) is 0 Å². The molecule has 0 aromatic rings. The van der Waals surface area contributed by atoms with Gasteiger partial charge < -0.3 is 16.4 Å². The van der Waals surface area contributed by atoms with Gasteiger partial charge in [0.05, 0.1) is 11.5 Å². The van der Waals surface area contributed by atoms with Crippen LogP contribution in [0.4, 0.5) is 0 Å². The second-order valence-corrected chi connectivity index (χ2v) is 4.71. The Kier molecular flexibility index (Phi) is 3.34. The van der Waals surface area contributed by atoms with Crippen LogP contribution in [0.1, 0.15) is 26.7 Å². The zero-order valence-corrected chi connectivity index (χ0v) is 9.32. The molecule has 1 saturated heterocycles. The second-order valence-electron chi connectivity index (χ2n) is 4.71. The van der Waals surface area contributed by atoms with Crippen LogP contribution in [0.15, 0.2) is 0 Å². The fraction of sp³-hybridized carbons (Fsp3) is 0.800. The van der Waals surface area contributed by atoms with Gasteiger partial charge in [-0.1, -0.05) is 0 Å². The summed E-state index contributed by atoms with van der Waals surface area (Å²) in [6.07, 6.45) is 1.58. The molecule has 0 aromatic heterocycles. The van der Waals surface area contributed by atoms with Crippen molar-refractivity contribution in [3.63, 3.8) is 0 Å². The van der Waals surface area contributed by atoms with Gasteiger partial charge >= 0.3 is 0 Å². The molecule has 1 rings (SSSR count). The summed E-state index contributed by atoms with van der Waals surface area (Å²) in [5.74, 6) is -0.666. The maximum absolute atomic E-state index is 11.8. The van der Waals surface area contributed by atoms with E-state index in [0.29, 0.717) is 13.1 Å². The highest BCUT2D eigenvalue weighted by Gasteiger charge is 2.32. The molecule has 4 N–H and O–H groups in total. The summed E-state index contributed by atoms with van der Waals surface area (Å²) < 4.78 is 0. The van der Waals surface area contributed by atoms with Crippen LogP contribution in [0, 0.1) is 5.92 Å². The third-order valence-electron chi connectivity index (χ3n) is 2.66. The highest BCUT2D eigenvalue weighted by Crippen LogP contribution is 2.18. The molecule has 0 aliphatic carbocycles. The van der Waals surface area contributed by atoms with Gasteiger partial charge in [0, 0.05) is 13.1 Å². The van der Waals surface area contributed by atoms with Gasteiger partial charge in [-0.3, -0.25) is 9.59 Å². The lowest BCUT2D eigenvalue weighted by Gasteiger charge is -2.35. The van der Waals surface area contributed by atoms with Crippen LogP contribution in [0.2, 0.25) is 0 Å². The first-order chi connectivity index (χ1) is 6.82. The maximum Gasteiger partial charge on any atom is 0.242 e. The summed E-state index contributed by atoms with van der Waals surface area (Å²) in [5.41, 5.74) is 10.1. The predicted octanol–water partition coefficient (Wildman–Crippen LogP) is -0.552. The lowest BCUT2D eigenvalue weighted by Crippen LogP contribution is -2.54. The van der Waals surface area contributed by atoms with E-state index in [9.17, 15) is 9.59 Å². The van der Waals surface area contributed by atoms with E-state index in [2.05, 4.69) is 0 Å². The summed E-state index contributed by atoms with van der Waals surface area (Å²) in [6, 6.07) is 0. The first kappa shape index (κ1) is 12.0. The number of amides is 2. The van der Waals surface area contributed by atoms with E-state index < -0.39 is 5.54 Å². The number of rotatable bonds is 2. The molecule has 0 bridgehead atoms. The topological polar surface area (TPSA) is 89.4 Å². The van der Waals surface area contributed by atoms with Crippen LogP contribution in [0.5, 0.6) is 0 Å². The number of likely N-dealkylation sites (tertiary alicyclic amines) is 1. The lowest BCUT2D eigenvalue weighted by atomic mass is 9.95. The molecule has 1 fully saturated rings. The van der Waals surface area contributed by atoms with Gasteiger partial charge in [0.2, 0.25) is 11.8 Å². The number of carbonyl (C=O) groups excluding carboxylic acids is 2. The first-order valence-corrected chi connectivity index (χ1v) is 5.20. The third-order valence-corrected chi connectivity index (χ3v) is 2.66. The van der Waals surface area contributed by atoms with Crippen LogP contribution in [0.25, 0.3) is 0 Å². The van der Waals surface area contributed by atoms with Crippen molar-refractivity contribution in [2.45, 2.75) is 32.2 Å². The fourth-order valence-corrected chi connectivity index (χ4v) is 1.80. The van der Waals surface area contributed by atoms with E-state index in [0.717, 1.165) is 12.8 Å². The highest BCUT2D eigenvalue weighted by molar-refractivity contribution is 5.86. The fourth-order valence-electron chi connectivity index (χ4n) is 1.80. The van der Waals surface area contributed by atoms with Crippen molar-refractivity contribution in [3.05, 3.63) is 0 Å². The molecule has 1 heterocycles. The van der Waals surface area contributed by atoms with Crippen molar-refractivity contribution in [1.29, 1.82) is 0 Å². The zero-order chi connectivity index (χ0) is 11.6. The van der Waals surface area contributed by atoms with E-state index >= 15 is 0 Å². The zero-order valence-electron chi connectivity index (χ0n) is 9.32. The molecule has 15 heavy (non-hydrogen) atoms. The molecule has 1 atom stereocenters. The Labute approximate surface area is 89.8 Å². The predicted molar refractivity (Wildman–Crippen MR) is 56.8 cm³/mol. The van der Waals surface area contributed by atoms with Gasteiger partial charge in [-0.15, -0.1) is 0 Å². The molecule has 0 saturated carbocycles. The Hall–Kier alpha value is -1.10. The van der Waals surface area contributed by atoms with Crippen LogP contribution in [-0.2, 0) is 9.59 Å². The molecule has 1 aliphatic heterocycles. The van der Waals surface area contributed by atoms with E-state index in [1.807, 2.05) is 0 Å². The minimum Gasteiger partial charge on any atom is -0.369 e. The Bertz CT molecular complexity index is 270. The summed E-state index contributed by atoms with van der Waals surface area (Å²) >= 11 is 0. The van der Waals surface area contributed by atoms with Gasteiger partial charge in [-0.05, 0) is 26.7 Å². The SMILES string of the molecule is CC(C)(N)C(=O)N1CCCC(C(N)=O)C1. The summed E-state index contributed by atoms with van der Waals surface area (Å²) in [4.78, 5) is 24.5. The van der Waals surface area contributed by atoms with Gasteiger partial charge in [0.1, 0.15) is 0 Å². The van der Waals surface area contributed by atoms with E-state index in [4.69, 9.17) is 11.5 Å². The number of hydrogen-bond acceptors (Lipinski definition) is 3. The number of carbonyl (C=O) groups is 2. The van der Waals surface area contributed by atoms with Gasteiger partial charge in [-0.25, -0.2) is 0 Å². The first-order valence-electron chi connectivity index (χ1n) is 5.20. The molecule has 0 spiro atoms. The van der Waals surface area contributed by atoms with Crippen LogP contribution in [0.3, 0.4) is 0 Å². The smallest absolute Gasteiger partial charge is 0.242 e. The molecule has 2 amide bonds. The lowest BCUT2D eigenvalue weighted by molar-refractivity contribution is -0.139. The molecular weight excluding hydrogens is 194 g/mol. The largest absolute Gasteiger partial charge is 0.369 e. The van der Waals surface area contributed by atoms with Crippen molar-refractivity contribution >= 4 is 11.8 Å². The molecular formula is C10H19N3O2. The Morgan fingerprint density at radius 1 is 1.40 bits per heavy atom. The number of hydrogen-bond donors (Lipinski definition) is 2. The Morgan fingerprint density at radius 2 is 2.00 bits per heavy atom. The molecule has 5 heteroatoms. The quantitative estimate of drug-likeness (QED) is 0.644. The van der Waals surface area contributed by atoms with E-state index in [1.54, 1.807) is 18.7 Å². The average Bonchev–Trinajstić information content (AvgIpc) is 2.15. The summed E-state index contributed by atoms with van der Waals surface area (Å²) in [5, 5.41) is 0. The van der Waals surface area contributed by atoms with Crippen LogP contribution in [-0.4, -0.2) is 35.3 Å². The van der Waals surface area contributed by atoms with Crippen molar-refractivity contribution in [2.75, 3.05) is 13.1 Å². The molecule has 0 aromatic carbocycles. The van der Waals surface area contributed by atoms with Crippen molar-refractivity contribution in [3.8, 4) is 0 Å². The molecule has 1 unspecified atom stereocenters. The van der Waals surface area contributed by atoms with Crippen LogP contribution >= 0.6 is 0 Å². The number of primary amides is 1.